The van der Waals surface area contributed by atoms with Crippen LogP contribution >= 0.6 is 11.3 Å². The number of rotatable bonds is 6. The lowest BCUT2D eigenvalue weighted by Gasteiger charge is -2.11. The van der Waals surface area contributed by atoms with Gasteiger partial charge in [-0.05, 0) is 34.4 Å². The minimum absolute atomic E-state index is 0.588. The highest BCUT2D eigenvalue weighted by atomic mass is 32.1. The van der Waals surface area contributed by atoms with Crippen molar-refractivity contribution < 1.29 is 0 Å². The summed E-state index contributed by atoms with van der Waals surface area (Å²) in [5.74, 6) is 1.85. The van der Waals surface area contributed by atoms with Gasteiger partial charge in [-0.15, -0.1) is 11.3 Å². The van der Waals surface area contributed by atoms with Gasteiger partial charge in [0.2, 0.25) is 5.95 Å². The molecular formula is C47H30N4S. The van der Waals surface area contributed by atoms with Crippen LogP contribution in [0.3, 0.4) is 0 Å². The molecule has 0 spiro atoms. The lowest BCUT2D eigenvalue weighted by molar-refractivity contribution is 0.953. The average Bonchev–Trinajstić information content (AvgIpc) is 3.79. The molecule has 7 aromatic carbocycles. The molecule has 0 saturated carbocycles. The summed E-state index contributed by atoms with van der Waals surface area (Å²) < 4.78 is 3.46. The van der Waals surface area contributed by atoms with Crippen LogP contribution in [0.5, 0.6) is 0 Å². The summed E-state index contributed by atoms with van der Waals surface area (Å²) in [6.07, 6.45) is 0. The van der Waals surface area contributed by atoms with Crippen molar-refractivity contribution in [3.8, 4) is 61.4 Å². The van der Waals surface area contributed by atoms with Gasteiger partial charge in [0.1, 0.15) is 0 Å². The van der Waals surface area contributed by atoms with E-state index in [1.165, 1.54) is 48.0 Å². The van der Waals surface area contributed by atoms with Crippen LogP contribution in [0.25, 0.3) is 93.3 Å². The Bertz CT molecular complexity index is 2860. The maximum atomic E-state index is 5.22. The van der Waals surface area contributed by atoms with Gasteiger partial charge in [0.15, 0.2) is 11.6 Å². The van der Waals surface area contributed by atoms with Crippen molar-refractivity contribution in [2.75, 3.05) is 0 Å². The van der Waals surface area contributed by atoms with Crippen LogP contribution in [0.1, 0.15) is 0 Å². The van der Waals surface area contributed by atoms with Crippen molar-refractivity contribution in [3.63, 3.8) is 0 Å². The van der Waals surface area contributed by atoms with Gasteiger partial charge in [0.25, 0.3) is 0 Å². The lowest BCUT2D eigenvalue weighted by atomic mass is 9.98. The Morgan fingerprint density at radius 3 is 1.52 bits per heavy atom. The van der Waals surface area contributed by atoms with E-state index < -0.39 is 0 Å². The monoisotopic (exact) mass is 682 g/mol. The van der Waals surface area contributed by atoms with Gasteiger partial charge in [0.05, 0.1) is 11.0 Å². The highest BCUT2D eigenvalue weighted by molar-refractivity contribution is 7.24. The molecule has 0 atom stereocenters. The fraction of sp³-hybridized carbons (Fsp3) is 0. The molecule has 0 aliphatic carbocycles. The number of para-hydroxylation sites is 1. The predicted molar refractivity (Wildman–Crippen MR) is 217 cm³/mol. The van der Waals surface area contributed by atoms with E-state index in [0.717, 1.165) is 27.7 Å². The fourth-order valence-corrected chi connectivity index (χ4v) is 8.64. The Hall–Kier alpha value is -6.69. The van der Waals surface area contributed by atoms with Gasteiger partial charge in [-0.1, -0.05) is 170 Å². The van der Waals surface area contributed by atoms with E-state index in [0.29, 0.717) is 17.6 Å². The maximum absolute atomic E-state index is 5.22. The second kappa shape index (κ2) is 12.6. The first-order chi connectivity index (χ1) is 25.8. The first-order valence-corrected chi connectivity index (χ1v) is 18.2. The molecular weight excluding hydrogens is 653 g/mol. The smallest absolute Gasteiger partial charge is 0.238 e. The average molecular weight is 683 g/mol. The summed E-state index contributed by atoms with van der Waals surface area (Å²) in [5, 5.41) is 3.61. The number of thiophene rings is 1. The summed E-state index contributed by atoms with van der Waals surface area (Å²) in [4.78, 5) is 16.7. The Balaban J connectivity index is 1.23. The molecule has 0 saturated heterocycles. The zero-order valence-electron chi connectivity index (χ0n) is 28.0. The van der Waals surface area contributed by atoms with E-state index in [2.05, 4.69) is 162 Å². The SMILES string of the molecule is c1ccc(-c2ccc(-c3nc(-c4ccccc4)nc(-n4c5ccccc5c5c6sc(-c7ccccc7)c(-c7ccccc7)c6ccc54)n3)cc2)cc1. The van der Waals surface area contributed by atoms with Crippen molar-refractivity contribution in [2.45, 2.75) is 0 Å². The van der Waals surface area contributed by atoms with E-state index in [1.807, 2.05) is 35.6 Å². The predicted octanol–water partition coefficient (Wildman–Crippen LogP) is 12.5. The molecule has 3 aromatic heterocycles. The molecule has 0 bridgehead atoms. The zero-order valence-corrected chi connectivity index (χ0v) is 28.8. The van der Waals surface area contributed by atoms with Crippen LogP contribution in [0.4, 0.5) is 0 Å². The molecule has 0 N–H and O–H groups in total. The summed E-state index contributed by atoms with van der Waals surface area (Å²) >= 11 is 1.86. The van der Waals surface area contributed by atoms with Gasteiger partial charge in [-0.2, -0.15) is 9.97 Å². The molecule has 0 fully saturated rings. The minimum atomic E-state index is 0.588. The minimum Gasteiger partial charge on any atom is -0.278 e. The third-order valence-electron chi connectivity index (χ3n) is 9.70. The first kappa shape index (κ1) is 30.2. The molecule has 0 unspecified atom stereocenters. The van der Waals surface area contributed by atoms with Crippen molar-refractivity contribution in [3.05, 3.63) is 182 Å². The van der Waals surface area contributed by atoms with Crippen LogP contribution in [-0.4, -0.2) is 19.5 Å². The molecule has 5 heteroatoms. The molecule has 0 aliphatic heterocycles. The lowest BCUT2D eigenvalue weighted by Crippen LogP contribution is -2.06. The second-order valence-electron chi connectivity index (χ2n) is 12.8. The number of benzene rings is 7. The standard InChI is InChI=1S/C47H30N4S/c1-5-15-31(16-6-1)32-25-27-36(28-26-32)46-48-45(35-21-11-4-12-22-35)49-47(50-46)51-39-24-14-13-23-37(39)42-40(51)30-29-38-41(33-17-7-2-8-18-33)43(52-44(38)42)34-19-9-3-10-20-34/h1-30H. The number of hydrogen-bond donors (Lipinski definition) is 0. The van der Waals surface area contributed by atoms with E-state index in [1.54, 1.807) is 0 Å². The number of nitrogens with zero attached hydrogens (tertiary/aromatic N) is 4. The van der Waals surface area contributed by atoms with E-state index in [4.69, 9.17) is 15.0 Å². The molecule has 244 valence electrons. The molecule has 10 aromatic rings. The van der Waals surface area contributed by atoms with Crippen molar-refractivity contribution >= 4 is 43.2 Å². The third kappa shape index (κ3) is 5.10. The Morgan fingerprint density at radius 2 is 0.865 bits per heavy atom. The van der Waals surface area contributed by atoms with E-state index in [9.17, 15) is 0 Å². The molecule has 4 nitrogen and oxygen atoms in total. The Labute approximate surface area is 305 Å². The van der Waals surface area contributed by atoms with E-state index >= 15 is 0 Å². The zero-order chi connectivity index (χ0) is 34.4. The third-order valence-corrected chi connectivity index (χ3v) is 11.0. The molecule has 0 aliphatic rings. The Morgan fingerprint density at radius 1 is 0.365 bits per heavy atom. The van der Waals surface area contributed by atoms with Gasteiger partial charge < -0.3 is 0 Å². The van der Waals surface area contributed by atoms with Crippen LogP contribution < -0.4 is 0 Å². The van der Waals surface area contributed by atoms with Crippen molar-refractivity contribution in [1.82, 2.24) is 19.5 Å². The van der Waals surface area contributed by atoms with Gasteiger partial charge >= 0.3 is 0 Å². The van der Waals surface area contributed by atoms with Crippen molar-refractivity contribution in [1.29, 1.82) is 0 Å². The van der Waals surface area contributed by atoms with Gasteiger partial charge in [-0.3, -0.25) is 4.57 Å². The number of fused-ring (bicyclic) bond motifs is 5. The molecule has 0 radical (unpaired) electrons. The van der Waals surface area contributed by atoms with E-state index in [-0.39, 0.29) is 0 Å². The maximum Gasteiger partial charge on any atom is 0.238 e. The normalized spacial score (nSPS) is 11.5. The number of aromatic nitrogens is 4. The quantitative estimate of drug-likeness (QED) is 0.175. The Kier molecular flexibility index (Phi) is 7.29. The topological polar surface area (TPSA) is 43.6 Å². The molecule has 0 amide bonds. The highest BCUT2D eigenvalue weighted by Crippen LogP contribution is 2.49. The highest BCUT2D eigenvalue weighted by Gasteiger charge is 2.23. The fourth-order valence-electron chi connectivity index (χ4n) is 7.26. The van der Waals surface area contributed by atoms with Crippen LogP contribution in [-0.2, 0) is 0 Å². The van der Waals surface area contributed by atoms with Crippen LogP contribution in [0.2, 0.25) is 0 Å². The van der Waals surface area contributed by atoms with Gasteiger partial charge in [-0.25, -0.2) is 4.98 Å². The summed E-state index contributed by atoms with van der Waals surface area (Å²) in [7, 11) is 0. The second-order valence-corrected chi connectivity index (χ2v) is 13.8. The first-order valence-electron chi connectivity index (χ1n) is 17.4. The van der Waals surface area contributed by atoms with Crippen molar-refractivity contribution in [2.24, 2.45) is 0 Å². The van der Waals surface area contributed by atoms with Gasteiger partial charge in [0, 0.05) is 42.4 Å². The van der Waals surface area contributed by atoms with Crippen LogP contribution in [0, 0.1) is 0 Å². The molecule has 52 heavy (non-hydrogen) atoms. The number of hydrogen-bond acceptors (Lipinski definition) is 4. The van der Waals surface area contributed by atoms with Crippen LogP contribution in [0.15, 0.2) is 182 Å². The largest absolute Gasteiger partial charge is 0.278 e. The summed E-state index contributed by atoms with van der Waals surface area (Å²) in [6.45, 7) is 0. The molecule has 10 rings (SSSR count). The summed E-state index contributed by atoms with van der Waals surface area (Å²) in [6, 6.07) is 63.7. The molecule has 3 heterocycles. The summed E-state index contributed by atoms with van der Waals surface area (Å²) in [5.41, 5.74) is 9.99.